The average molecular weight is 530 g/mol. The van der Waals surface area contributed by atoms with Crippen LogP contribution in [0.15, 0.2) is 30.3 Å². The number of fused-ring (bicyclic) bond motifs is 1. The van der Waals surface area contributed by atoms with E-state index in [0.29, 0.717) is 29.1 Å². The average Bonchev–Trinajstić information content (AvgIpc) is 3.10. The molecule has 3 heterocycles. The van der Waals surface area contributed by atoms with Crippen molar-refractivity contribution in [1.29, 1.82) is 0 Å². The Morgan fingerprint density at radius 2 is 1.84 bits per heavy atom. The highest BCUT2D eigenvalue weighted by Crippen LogP contribution is 2.21. The summed E-state index contributed by atoms with van der Waals surface area (Å²) in [4.78, 5) is 35.4. The molecule has 200 valence electrons. The summed E-state index contributed by atoms with van der Waals surface area (Å²) >= 11 is 0. The highest BCUT2D eigenvalue weighted by molar-refractivity contribution is 6.09. The predicted molar refractivity (Wildman–Crippen MR) is 147 cm³/mol. The maximum atomic E-state index is 13.3. The van der Waals surface area contributed by atoms with Crippen LogP contribution in [-0.4, -0.2) is 82.4 Å². The highest BCUT2D eigenvalue weighted by Gasteiger charge is 2.21. The number of likely N-dealkylation sites (N-methyl/N-ethyl adjacent to an activating group) is 1. The Hall–Kier alpha value is -3.21. The van der Waals surface area contributed by atoms with Crippen molar-refractivity contribution in [3.05, 3.63) is 47.3 Å². The van der Waals surface area contributed by atoms with Gasteiger partial charge in [0.25, 0.3) is 5.91 Å². The summed E-state index contributed by atoms with van der Waals surface area (Å²) in [6.07, 6.45) is 0.612. The van der Waals surface area contributed by atoms with E-state index >= 15 is 0 Å². The maximum Gasteiger partial charge on any atom is 0.326 e. The topological polar surface area (TPSA) is 105 Å². The number of nitrogens with zero attached hydrogens (tertiary/aromatic N) is 5. The summed E-state index contributed by atoms with van der Waals surface area (Å²) < 4.78 is 7.40. The molecule has 0 atom stereocenters. The van der Waals surface area contributed by atoms with Crippen molar-refractivity contribution in [1.82, 2.24) is 29.9 Å². The van der Waals surface area contributed by atoms with Crippen molar-refractivity contribution in [3.8, 4) is 5.75 Å². The third-order valence-corrected chi connectivity index (χ3v) is 6.27. The van der Waals surface area contributed by atoms with Crippen LogP contribution in [-0.2, 0) is 13.5 Å². The molecule has 2 aromatic heterocycles. The molecule has 1 saturated heterocycles. The third-order valence-electron chi connectivity index (χ3n) is 6.27. The van der Waals surface area contributed by atoms with E-state index in [4.69, 9.17) is 9.72 Å². The number of hydrogen-bond acceptors (Lipinski definition) is 7. The van der Waals surface area contributed by atoms with Crippen molar-refractivity contribution in [3.63, 3.8) is 0 Å². The first-order valence-corrected chi connectivity index (χ1v) is 12.3. The summed E-state index contributed by atoms with van der Waals surface area (Å²) in [6.45, 7) is 10.5. The number of aryl methyl sites for hydroxylation is 2. The van der Waals surface area contributed by atoms with E-state index in [1.807, 2.05) is 33.9 Å². The Kier molecular flexibility index (Phi) is 9.47. The van der Waals surface area contributed by atoms with Crippen LogP contribution >= 0.6 is 12.4 Å². The smallest absolute Gasteiger partial charge is 0.326 e. The number of urea groups is 1. The fourth-order valence-corrected chi connectivity index (χ4v) is 4.35. The maximum absolute atomic E-state index is 13.3. The van der Waals surface area contributed by atoms with Gasteiger partial charge in [-0.05, 0) is 46.0 Å². The Balaban J connectivity index is 0.00000380. The van der Waals surface area contributed by atoms with Gasteiger partial charge in [-0.15, -0.1) is 12.4 Å². The van der Waals surface area contributed by atoms with Crippen molar-refractivity contribution >= 4 is 41.1 Å². The molecule has 10 nitrogen and oxygen atoms in total. The second kappa shape index (κ2) is 12.4. The Bertz CT molecular complexity index is 1250. The van der Waals surface area contributed by atoms with Crippen LogP contribution in [0.1, 0.15) is 35.6 Å². The molecule has 0 unspecified atom stereocenters. The van der Waals surface area contributed by atoms with Crippen LogP contribution in [0.25, 0.3) is 11.0 Å². The fourth-order valence-electron chi connectivity index (χ4n) is 4.35. The summed E-state index contributed by atoms with van der Waals surface area (Å²) in [5.74, 6) is 0.148. The lowest BCUT2D eigenvalue weighted by Crippen LogP contribution is -2.45. The molecule has 37 heavy (non-hydrogen) atoms. The van der Waals surface area contributed by atoms with Gasteiger partial charge in [-0.1, -0.05) is 6.07 Å². The minimum absolute atomic E-state index is 0. The molecular formula is C26H36ClN7O3. The molecule has 1 fully saturated rings. The van der Waals surface area contributed by atoms with E-state index in [1.54, 1.807) is 28.9 Å². The van der Waals surface area contributed by atoms with Gasteiger partial charge in [-0.25, -0.2) is 9.78 Å². The van der Waals surface area contributed by atoms with E-state index in [0.717, 1.165) is 49.5 Å². The molecule has 1 aliphatic heterocycles. The van der Waals surface area contributed by atoms with Crippen LogP contribution in [0, 0.1) is 6.92 Å². The minimum atomic E-state index is -0.616. The lowest BCUT2D eigenvalue weighted by atomic mass is 10.1. The second-order valence-corrected chi connectivity index (χ2v) is 9.56. The number of amides is 3. The van der Waals surface area contributed by atoms with Crippen LogP contribution in [0.4, 0.5) is 10.5 Å². The van der Waals surface area contributed by atoms with E-state index < -0.39 is 11.9 Å². The van der Waals surface area contributed by atoms with Crippen LogP contribution in [0.2, 0.25) is 0 Å². The zero-order chi connectivity index (χ0) is 25.8. The quantitative estimate of drug-likeness (QED) is 0.484. The first-order valence-electron chi connectivity index (χ1n) is 12.3. The molecule has 1 aromatic carbocycles. The summed E-state index contributed by atoms with van der Waals surface area (Å²) in [5, 5.41) is 10.4. The van der Waals surface area contributed by atoms with Crippen molar-refractivity contribution in [2.24, 2.45) is 7.05 Å². The third kappa shape index (κ3) is 7.18. The Labute approximate surface area is 223 Å². The number of pyridine rings is 1. The van der Waals surface area contributed by atoms with Gasteiger partial charge >= 0.3 is 6.03 Å². The van der Waals surface area contributed by atoms with E-state index in [1.165, 1.54) is 0 Å². The van der Waals surface area contributed by atoms with Gasteiger partial charge in [0, 0.05) is 63.3 Å². The Morgan fingerprint density at radius 1 is 1.11 bits per heavy atom. The standard InChI is InChI=1S/C26H35N7O3.ClH/c1-17(2)36-20-8-6-7-19(15-20)27-26(35)29-25(34)22-16-21-18(3)30-32(5)24(21)28-23(22)9-10-33-13-11-31(4)12-14-33;/h6-8,15-17H,9-14H2,1-5H3,(H2,27,29,34,35);1H. The number of rotatable bonds is 7. The van der Waals surface area contributed by atoms with E-state index in [-0.39, 0.29) is 18.5 Å². The molecule has 3 aromatic rings. The second-order valence-electron chi connectivity index (χ2n) is 9.56. The minimum Gasteiger partial charge on any atom is -0.491 e. The molecule has 0 spiro atoms. The zero-order valence-electron chi connectivity index (χ0n) is 22.1. The normalized spacial score (nSPS) is 14.4. The molecule has 4 rings (SSSR count). The first kappa shape index (κ1) is 28.4. The number of aromatic nitrogens is 3. The molecule has 0 aliphatic carbocycles. The molecule has 2 N–H and O–H groups in total. The number of benzene rings is 1. The van der Waals surface area contributed by atoms with Crippen LogP contribution in [0.5, 0.6) is 5.75 Å². The van der Waals surface area contributed by atoms with Gasteiger partial charge in [0.2, 0.25) is 0 Å². The molecule has 11 heteroatoms. The number of anilines is 1. The Morgan fingerprint density at radius 3 is 2.54 bits per heavy atom. The molecule has 1 aliphatic rings. The highest BCUT2D eigenvalue weighted by atomic mass is 35.5. The number of piperazine rings is 1. The molecular weight excluding hydrogens is 494 g/mol. The SMILES string of the molecule is Cc1nn(C)c2nc(CCN3CCN(C)CC3)c(C(=O)NC(=O)Nc3cccc(OC(C)C)c3)cc12.Cl. The predicted octanol–water partition coefficient (Wildman–Crippen LogP) is 3.24. The number of carbonyl (C=O) groups excluding carboxylic acids is 2. The van der Waals surface area contributed by atoms with E-state index in [2.05, 4.69) is 32.6 Å². The molecule has 3 amide bonds. The van der Waals surface area contributed by atoms with Crippen LogP contribution in [0.3, 0.4) is 0 Å². The molecule has 0 radical (unpaired) electrons. The summed E-state index contributed by atoms with van der Waals surface area (Å²) in [6, 6.07) is 8.24. The van der Waals surface area contributed by atoms with Gasteiger partial charge in [-0.2, -0.15) is 5.10 Å². The number of ether oxygens (including phenoxy) is 1. The van der Waals surface area contributed by atoms with Gasteiger partial charge in [0.15, 0.2) is 5.65 Å². The molecule has 0 saturated carbocycles. The fraction of sp³-hybridized carbons (Fsp3) is 0.462. The number of halogens is 1. The lowest BCUT2D eigenvalue weighted by Gasteiger charge is -2.32. The largest absolute Gasteiger partial charge is 0.491 e. The monoisotopic (exact) mass is 529 g/mol. The summed E-state index contributed by atoms with van der Waals surface area (Å²) in [5.41, 5.74) is 3.09. The number of carbonyl (C=O) groups is 2. The number of hydrogen-bond donors (Lipinski definition) is 2. The summed E-state index contributed by atoms with van der Waals surface area (Å²) in [7, 11) is 3.97. The van der Waals surface area contributed by atoms with Crippen molar-refractivity contribution in [2.45, 2.75) is 33.3 Å². The lowest BCUT2D eigenvalue weighted by molar-refractivity contribution is 0.0965. The number of imide groups is 1. The van der Waals surface area contributed by atoms with Gasteiger partial charge in [-0.3, -0.25) is 14.8 Å². The van der Waals surface area contributed by atoms with Crippen molar-refractivity contribution < 1.29 is 14.3 Å². The van der Waals surface area contributed by atoms with Gasteiger partial charge in [0.05, 0.1) is 23.1 Å². The van der Waals surface area contributed by atoms with E-state index in [9.17, 15) is 9.59 Å². The van der Waals surface area contributed by atoms with Crippen molar-refractivity contribution in [2.75, 3.05) is 45.1 Å². The first-order chi connectivity index (χ1) is 17.2. The number of nitrogens with one attached hydrogen (secondary N) is 2. The van der Waals surface area contributed by atoms with Gasteiger partial charge < -0.3 is 19.9 Å². The van der Waals surface area contributed by atoms with Gasteiger partial charge in [0.1, 0.15) is 5.75 Å². The zero-order valence-corrected chi connectivity index (χ0v) is 22.9. The molecule has 0 bridgehead atoms. The van der Waals surface area contributed by atoms with Crippen LogP contribution < -0.4 is 15.4 Å².